The summed E-state index contributed by atoms with van der Waals surface area (Å²) in [7, 11) is 0. The van der Waals surface area contributed by atoms with Gasteiger partial charge >= 0.3 is 0 Å². The first kappa shape index (κ1) is 14.5. The molecule has 0 unspecified atom stereocenters. The molecule has 0 radical (unpaired) electrons. The number of anilines is 2. The number of para-hydroxylation sites is 1. The number of halogens is 1. The summed E-state index contributed by atoms with van der Waals surface area (Å²) in [6.45, 7) is 4.50. The third kappa shape index (κ3) is 2.96. The average Bonchev–Trinajstić information content (AvgIpc) is 2.50. The van der Waals surface area contributed by atoms with Crippen LogP contribution in [0.3, 0.4) is 0 Å². The van der Waals surface area contributed by atoms with E-state index in [4.69, 9.17) is 0 Å². The third-order valence-electron chi connectivity index (χ3n) is 3.27. The van der Waals surface area contributed by atoms with E-state index in [1.54, 1.807) is 24.4 Å². The monoisotopic (exact) mass is 274 g/mol. The predicted octanol–water partition coefficient (Wildman–Crippen LogP) is 3.82. The molecule has 3 nitrogen and oxygen atoms in total. The highest BCUT2D eigenvalue weighted by Crippen LogP contribution is 2.27. The number of hydrogen-bond acceptors (Lipinski definition) is 3. The van der Waals surface area contributed by atoms with Crippen LogP contribution < -0.4 is 4.90 Å². The molecule has 4 heteroatoms. The van der Waals surface area contributed by atoms with Gasteiger partial charge in [-0.05, 0) is 37.6 Å². The molecular weight excluding hydrogens is 255 g/mol. The maximum Gasteiger partial charge on any atom is 0.146 e. The summed E-state index contributed by atoms with van der Waals surface area (Å²) in [4.78, 5) is 6.11. The van der Waals surface area contributed by atoms with E-state index in [1.165, 1.54) is 6.07 Å². The molecule has 1 heterocycles. The van der Waals surface area contributed by atoms with Gasteiger partial charge in [-0.1, -0.05) is 19.1 Å². The Morgan fingerprint density at radius 3 is 2.50 bits per heavy atom. The fraction of sp³-hybridized carbons (Fsp3) is 0.312. The second-order valence-electron chi connectivity index (χ2n) is 4.56. The number of benzene rings is 1. The standard InChI is InChI=1S/C16H19FN2O/c1-3-16(20)14-10-9-12(11-18-14)19(4-2)15-8-6-5-7-13(15)17/h5-11,16,20H,3-4H2,1-2H3/t16-/m0/s1. The molecule has 2 aromatic rings. The third-order valence-corrected chi connectivity index (χ3v) is 3.27. The van der Waals surface area contributed by atoms with Crippen molar-refractivity contribution in [1.82, 2.24) is 4.98 Å². The molecule has 1 N–H and O–H groups in total. The Kier molecular flexibility index (Phi) is 4.69. The summed E-state index contributed by atoms with van der Waals surface area (Å²) in [6.07, 6.45) is 1.74. The van der Waals surface area contributed by atoms with Crippen molar-refractivity contribution >= 4 is 11.4 Å². The van der Waals surface area contributed by atoms with Crippen molar-refractivity contribution in [3.8, 4) is 0 Å². The molecule has 2 rings (SSSR count). The van der Waals surface area contributed by atoms with Gasteiger partial charge in [-0.3, -0.25) is 4.98 Å². The molecule has 0 saturated carbocycles. The van der Waals surface area contributed by atoms with Gasteiger partial charge in [0.05, 0.1) is 29.4 Å². The van der Waals surface area contributed by atoms with Crippen molar-refractivity contribution < 1.29 is 9.50 Å². The first-order chi connectivity index (χ1) is 9.67. The smallest absolute Gasteiger partial charge is 0.146 e. The molecular formula is C16H19FN2O. The average molecular weight is 274 g/mol. The van der Waals surface area contributed by atoms with Crippen LogP contribution in [0, 0.1) is 5.82 Å². The topological polar surface area (TPSA) is 36.4 Å². The van der Waals surface area contributed by atoms with Crippen molar-refractivity contribution in [2.75, 3.05) is 11.4 Å². The minimum absolute atomic E-state index is 0.257. The quantitative estimate of drug-likeness (QED) is 0.900. The van der Waals surface area contributed by atoms with Crippen LogP contribution in [0.15, 0.2) is 42.6 Å². The lowest BCUT2D eigenvalue weighted by atomic mass is 10.1. The van der Waals surface area contributed by atoms with Crippen LogP contribution in [0.5, 0.6) is 0 Å². The van der Waals surface area contributed by atoms with E-state index < -0.39 is 6.10 Å². The minimum Gasteiger partial charge on any atom is -0.387 e. The SMILES string of the molecule is CC[C@H](O)c1ccc(N(CC)c2ccccc2F)cn1. The van der Waals surface area contributed by atoms with E-state index in [1.807, 2.05) is 30.9 Å². The van der Waals surface area contributed by atoms with Gasteiger partial charge in [0.1, 0.15) is 5.82 Å². The van der Waals surface area contributed by atoms with Gasteiger partial charge in [0, 0.05) is 6.54 Å². The largest absolute Gasteiger partial charge is 0.387 e. The van der Waals surface area contributed by atoms with Crippen LogP contribution in [0.2, 0.25) is 0 Å². The van der Waals surface area contributed by atoms with Crippen LogP contribution in [-0.2, 0) is 0 Å². The summed E-state index contributed by atoms with van der Waals surface area (Å²) in [5.41, 5.74) is 1.98. The lowest BCUT2D eigenvalue weighted by Gasteiger charge is -2.23. The number of aliphatic hydroxyl groups excluding tert-OH is 1. The number of aliphatic hydroxyl groups is 1. The van der Waals surface area contributed by atoms with Crippen molar-refractivity contribution in [2.24, 2.45) is 0 Å². The lowest BCUT2D eigenvalue weighted by molar-refractivity contribution is 0.169. The Morgan fingerprint density at radius 1 is 1.20 bits per heavy atom. The Morgan fingerprint density at radius 2 is 1.95 bits per heavy atom. The molecule has 106 valence electrons. The lowest BCUT2D eigenvalue weighted by Crippen LogP contribution is -2.17. The number of rotatable bonds is 5. The molecule has 1 atom stereocenters. The minimum atomic E-state index is -0.549. The molecule has 1 aromatic carbocycles. The maximum absolute atomic E-state index is 13.9. The van der Waals surface area contributed by atoms with Crippen molar-refractivity contribution in [2.45, 2.75) is 26.4 Å². The Bertz CT molecular complexity index is 557. The summed E-state index contributed by atoms with van der Waals surface area (Å²) >= 11 is 0. The molecule has 0 fully saturated rings. The molecule has 0 saturated heterocycles. The highest BCUT2D eigenvalue weighted by Gasteiger charge is 2.13. The molecule has 0 aliphatic rings. The van der Waals surface area contributed by atoms with Crippen LogP contribution in [0.4, 0.5) is 15.8 Å². The van der Waals surface area contributed by atoms with E-state index in [0.29, 0.717) is 24.3 Å². The van der Waals surface area contributed by atoms with Gasteiger partial charge in [0.2, 0.25) is 0 Å². The normalized spacial score (nSPS) is 12.2. The fourth-order valence-electron chi connectivity index (χ4n) is 2.13. The molecule has 0 spiro atoms. The van der Waals surface area contributed by atoms with Gasteiger partial charge in [0.15, 0.2) is 0 Å². The highest BCUT2D eigenvalue weighted by molar-refractivity contribution is 5.62. The Balaban J connectivity index is 2.31. The molecule has 0 aliphatic carbocycles. The van der Waals surface area contributed by atoms with Gasteiger partial charge < -0.3 is 10.0 Å². The fourth-order valence-corrected chi connectivity index (χ4v) is 2.13. The Labute approximate surface area is 118 Å². The van der Waals surface area contributed by atoms with Gasteiger partial charge in [0.25, 0.3) is 0 Å². The number of pyridine rings is 1. The predicted molar refractivity (Wildman–Crippen MR) is 78.6 cm³/mol. The zero-order valence-corrected chi connectivity index (χ0v) is 11.8. The van der Waals surface area contributed by atoms with E-state index >= 15 is 0 Å². The number of aromatic nitrogens is 1. The van der Waals surface area contributed by atoms with E-state index in [9.17, 15) is 9.50 Å². The molecule has 0 aliphatic heterocycles. The van der Waals surface area contributed by atoms with Gasteiger partial charge in [-0.15, -0.1) is 0 Å². The molecule has 0 amide bonds. The first-order valence-corrected chi connectivity index (χ1v) is 6.83. The maximum atomic E-state index is 13.9. The molecule has 1 aromatic heterocycles. The van der Waals surface area contributed by atoms with Crippen LogP contribution in [0.25, 0.3) is 0 Å². The number of nitrogens with zero attached hydrogens (tertiary/aromatic N) is 2. The summed E-state index contributed by atoms with van der Waals surface area (Å²) < 4.78 is 13.9. The molecule has 0 bridgehead atoms. The molecule has 20 heavy (non-hydrogen) atoms. The van der Waals surface area contributed by atoms with Gasteiger partial charge in [-0.25, -0.2) is 4.39 Å². The Hall–Kier alpha value is -1.94. The second-order valence-corrected chi connectivity index (χ2v) is 4.56. The van der Waals surface area contributed by atoms with Crippen LogP contribution in [0.1, 0.15) is 32.1 Å². The van der Waals surface area contributed by atoms with Gasteiger partial charge in [-0.2, -0.15) is 0 Å². The van der Waals surface area contributed by atoms with Crippen LogP contribution >= 0.6 is 0 Å². The summed E-state index contributed by atoms with van der Waals surface area (Å²) in [5.74, 6) is -0.257. The van der Waals surface area contributed by atoms with Crippen molar-refractivity contribution in [1.29, 1.82) is 0 Å². The highest BCUT2D eigenvalue weighted by atomic mass is 19.1. The van der Waals surface area contributed by atoms with E-state index in [-0.39, 0.29) is 5.82 Å². The second kappa shape index (κ2) is 6.48. The van der Waals surface area contributed by atoms with E-state index in [2.05, 4.69) is 4.98 Å². The first-order valence-electron chi connectivity index (χ1n) is 6.83. The van der Waals surface area contributed by atoms with E-state index in [0.717, 1.165) is 5.69 Å². The summed E-state index contributed by atoms with van der Waals surface area (Å²) in [5, 5.41) is 9.74. The van der Waals surface area contributed by atoms with Crippen molar-refractivity contribution in [3.05, 3.63) is 54.1 Å². The zero-order valence-electron chi connectivity index (χ0n) is 11.8. The van der Waals surface area contributed by atoms with Crippen molar-refractivity contribution in [3.63, 3.8) is 0 Å². The summed E-state index contributed by atoms with van der Waals surface area (Å²) in [6, 6.07) is 10.3. The zero-order chi connectivity index (χ0) is 14.5. The van der Waals surface area contributed by atoms with Crippen LogP contribution in [-0.4, -0.2) is 16.6 Å². The number of hydrogen-bond donors (Lipinski definition) is 1.